The largest absolute Gasteiger partial charge is 0.488 e. The first-order valence-corrected chi connectivity index (χ1v) is 14.1. The highest BCUT2D eigenvalue weighted by molar-refractivity contribution is 5.99. The van der Waals surface area contributed by atoms with Crippen molar-refractivity contribution in [2.45, 2.75) is 51.2 Å². The zero-order valence-corrected chi connectivity index (χ0v) is 23.4. The van der Waals surface area contributed by atoms with Gasteiger partial charge in [0.15, 0.2) is 17.4 Å². The summed E-state index contributed by atoms with van der Waals surface area (Å²) in [5, 5.41) is 0. The quantitative estimate of drug-likeness (QED) is 0.176. The average molecular weight is 579 g/mol. The van der Waals surface area contributed by atoms with Crippen LogP contribution >= 0.6 is 0 Å². The molecule has 2 N–H and O–H groups in total. The molecular formula is C33H33F3N2O4. The molecule has 1 amide bonds. The summed E-state index contributed by atoms with van der Waals surface area (Å²) >= 11 is 0. The number of rotatable bonds is 11. The van der Waals surface area contributed by atoms with Crippen LogP contribution in [0, 0.1) is 24.4 Å². The van der Waals surface area contributed by atoms with Crippen LogP contribution in [0.3, 0.4) is 0 Å². The number of halogens is 3. The van der Waals surface area contributed by atoms with Gasteiger partial charge in [0.25, 0.3) is 0 Å². The number of nitrogens with zero attached hydrogens (tertiary/aromatic N) is 1. The fourth-order valence-corrected chi connectivity index (χ4v) is 5.19. The molecule has 1 atom stereocenters. The fraction of sp³-hybridized carbons (Fsp3) is 0.333. The molecule has 0 spiro atoms. The van der Waals surface area contributed by atoms with Crippen LogP contribution < -0.4 is 10.5 Å². The van der Waals surface area contributed by atoms with Crippen molar-refractivity contribution in [3.05, 3.63) is 106 Å². The molecule has 9 heteroatoms. The number of esters is 1. The van der Waals surface area contributed by atoms with E-state index in [9.17, 15) is 22.8 Å². The molecule has 3 aromatic rings. The molecular weight excluding hydrogens is 545 g/mol. The molecule has 0 aromatic heterocycles. The molecule has 3 aromatic carbocycles. The summed E-state index contributed by atoms with van der Waals surface area (Å²) in [5.74, 6) is -5.01. The molecule has 1 aliphatic carbocycles. The molecule has 5 rings (SSSR count). The van der Waals surface area contributed by atoms with Gasteiger partial charge in [-0.3, -0.25) is 9.69 Å². The zero-order valence-electron chi connectivity index (χ0n) is 23.4. The number of hydrogen-bond donors (Lipinski definition) is 1. The summed E-state index contributed by atoms with van der Waals surface area (Å²) in [6.45, 7) is 2.75. The van der Waals surface area contributed by atoms with Gasteiger partial charge in [0, 0.05) is 13.1 Å². The standard InChI is InChI=1S/C33H33F3N2O4/c1-20-4-8-23(9-5-20)30(32(37)39)38-17-16-25(26(19-38)33(40)42-24-12-13-24)22-10-6-21(7-11-22)3-2-18-41-31-28(35)15-14-27(34)29(31)36/h4-11,14-15,24,30H,2-3,12-13,16-19H2,1H3,(H2,37,39). The minimum atomic E-state index is -1.34. The third kappa shape index (κ3) is 6.85. The molecule has 1 heterocycles. The smallest absolute Gasteiger partial charge is 0.335 e. The van der Waals surface area contributed by atoms with Crippen molar-refractivity contribution in [2.24, 2.45) is 5.73 Å². The molecule has 1 aliphatic heterocycles. The third-order valence-electron chi connectivity index (χ3n) is 7.61. The van der Waals surface area contributed by atoms with Gasteiger partial charge in [-0.05, 0) is 73.4 Å². The molecule has 1 unspecified atom stereocenters. The number of nitrogens with two attached hydrogens (primary N) is 1. The second-order valence-corrected chi connectivity index (χ2v) is 10.8. The molecule has 0 bridgehead atoms. The second-order valence-electron chi connectivity index (χ2n) is 10.8. The number of carbonyl (C=O) groups is 2. The van der Waals surface area contributed by atoms with Gasteiger partial charge in [-0.15, -0.1) is 0 Å². The predicted molar refractivity (Wildman–Crippen MR) is 152 cm³/mol. The van der Waals surface area contributed by atoms with E-state index in [0.717, 1.165) is 52.8 Å². The topological polar surface area (TPSA) is 81.9 Å². The maximum Gasteiger partial charge on any atom is 0.335 e. The van der Waals surface area contributed by atoms with E-state index < -0.39 is 35.2 Å². The van der Waals surface area contributed by atoms with Gasteiger partial charge in [0.05, 0.1) is 12.2 Å². The number of aryl methyl sites for hydroxylation is 2. The lowest BCUT2D eigenvalue weighted by molar-refractivity contribution is -0.141. The summed E-state index contributed by atoms with van der Waals surface area (Å²) in [5.41, 5.74) is 10.9. The minimum Gasteiger partial charge on any atom is -0.488 e. The lowest BCUT2D eigenvalue weighted by Crippen LogP contribution is -2.42. The number of benzene rings is 3. The number of hydrogen-bond acceptors (Lipinski definition) is 5. The first-order valence-electron chi connectivity index (χ1n) is 14.1. The highest BCUT2D eigenvalue weighted by Gasteiger charge is 2.35. The Bertz CT molecular complexity index is 1480. The van der Waals surface area contributed by atoms with Crippen molar-refractivity contribution in [2.75, 3.05) is 19.7 Å². The van der Waals surface area contributed by atoms with Crippen molar-refractivity contribution < 1.29 is 32.2 Å². The summed E-state index contributed by atoms with van der Waals surface area (Å²) in [6, 6.07) is 16.3. The Morgan fingerprint density at radius 2 is 1.67 bits per heavy atom. The third-order valence-corrected chi connectivity index (χ3v) is 7.61. The summed E-state index contributed by atoms with van der Waals surface area (Å²) in [7, 11) is 0. The number of ether oxygens (including phenoxy) is 2. The van der Waals surface area contributed by atoms with Gasteiger partial charge in [0.1, 0.15) is 12.1 Å². The molecule has 1 saturated carbocycles. The monoisotopic (exact) mass is 578 g/mol. The molecule has 0 radical (unpaired) electrons. The molecule has 220 valence electrons. The number of amides is 1. The summed E-state index contributed by atoms with van der Waals surface area (Å²) < 4.78 is 51.8. The molecule has 42 heavy (non-hydrogen) atoms. The van der Waals surface area contributed by atoms with Crippen LogP contribution in [0.15, 0.2) is 66.2 Å². The first kappa shape index (κ1) is 29.4. The molecule has 0 saturated heterocycles. The van der Waals surface area contributed by atoms with E-state index in [0.29, 0.717) is 31.4 Å². The summed E-state index contributed by atoms with van der Waals surface area (Å²) in [4.78, 5) is 27.8. The van der Waals surface area contributed by atoms with E-state index in [2.05, 4.69) is 0 Å². The second kappa shape index (κ2) is 12.8. The van der Waals surface area contributed by atoms with Gasteiger partial charge in [-0.2, -0.15) is 4.39 Å². The Kier molecular flexibility index (Phi) is 8.97. The van der Waals surface area contributed by atoms with Gasteiger partial charge in [-0.25, -0.2) is 13.6 Å². The number of primary amides is 1. The highest BCUT2D eigenvalue weighted by atomic mass is 19.2. The van der Waals surface area contributed by atoms with Crippen molar-refractivity contribution in [3.63, 3.8) is 0 Å². The van der Waals surface area contributed by atoms with Crippen molar-refractivity contribution in [3.8, 4) is 5.75 Å². The van der Waals surface area contributed by atoms with Crippen LogP contribution in [0.2, 0.25) is 0 Å². The van der Waals surface area contributed by atoms with Crippen LogP contribution in [-0.4, -0.2) is 42.6 Å². The van der Waals surface area contributed by atoms with Crippen LogP contribution in [0.25, 0.3) is 5.57 Å². The van der Waals surface area contributed by atoms with Crippen molar-refractivity contribution in [1.82, 2.24) is 4.90 Å². The summed E-state index contributed by atoms with van der Waals surface area (Å²) in [6.07, 6.45) is 3.19. The SMILES string of the molecule is Cc1ccc(C(C(N)=O)N2CCC(c3ccc(CCCOc4c(F)ccc(F)c4F)cc3)=C(C(=O)OC3CC3)C2)cc1. The van der Waals surface area contributed by atoms with Crippen molar-refractivity contribution in [1.29, 1.82) is 0 Å². The average Bonchev–Trinajstić information content (AvgIpc) is 3.80. The first-order chi connectivity index (χ1) is 20.2. The van der Waals surface area contributed by atoms with Crippen molar-refractivity contribution >= 4 is 17.4 Å². The Morgan fingerprint density at radius 1 is 0.976 bits per heavy atom. The van der Waals surface area contributed by atoms with Crippen LogP contribution in [-0.2, 0) is 20.7 Å². The lowest BCUT2D eigenvalue weighted by atomic mass is 9.90. The van der Waals surface area contributed by atoms with Gasteiger partial charge in [0.2, 0.25) is 11.7 Å². The minimum absolute atomic E-state index is 0.0131. The van der Waals surface area contributed by atoms with Crippen LogP contribution in [0.5, 0.6) is 5.75 Å². The molecule has 1 fully saturated rings. The van der Waals surface area contributed by atoms with E-state index in [1.54, 1.807) is 0 Å². The molecule has 2 aliphatic rings. The maximum atomic E-state index is 13.8. The van der Waals surface area contributed by atoms with Gasteiger partial charge in [-0.1, -0.05) is 54.1 Å². The van der Waals surface area contributed by atoms with E-state index >= 15 is 0 Å². The maximum absolute atomic E-state index is 13.8. The van der Waals surface area contributed by atoms with Gasteiger partial charge >= 0.3 is 5.97 Å². The lowest BCUT2D eigenvalue weighted by Gasteiger charge is -2.35. The van der Waals surface area contributed by atoms with Crippen LogP contribution in [0.4, 0.5) is 13.2 Å². The van der Waals surface area contributed by atoms with Crippen LogP contribution in [0.1, 0.15) is 54.0 Å². The van der Waals surface area contributed by atoms with E-state index in [-0.39, 0.29) is 25.2 Å². The predicted octanol–water partition coefficient (Wildman–Crippen LogP) is 5.82. The number of carbonyl (C=O) groups excluding carboxylic acids is 2. The Morgan fingerprint density at radius 3 is 2.33 bits per heavy atom. The molecule has 6 nitrogen and oxygen atoms in total. The Balaban J connectivity index is 1.29. The fourth-order valence-electron chi connectivity index (χ4n) is 5.19. The van der Waals surface area contributed by atoms with E-state index in [1.165, 1.54) is 0 Å². The van der Waals surface area contributed by atoms with E-state index in [1.807, 2.05) is 60.4 Å². The Labute approximate surface area is 242 Å². The Hall–Kier alpha value is -4.11. The van der Waals surface area contributed by atoms with Gasteiger partial charge < -0.3 is 15.2 Å². The van der Waals surface area contributed by atoms with E-state index in [4.69, 9.17) is 15.2 Å². The zero-order chi connectivity index (χ0) is 29.8. The normalized spacial score (nSPS) is 16.3. The highest BCUT2D eigenvalue weighted by Crippen LogP contribution is 2.35.